The van der Waals surface area contributed by atoms with Gasteiger partial charge < -0.3 is 0 Å². The van der Waals surface area contributed by atoms with Gasteiger partial charge in [-0.15, -0.1) is 11.6 Å². The molecule has 0 spiro atoms. The van der Waals surface area contributed by atoms with Gasteiger partial charge in [-0.2, -0.15) is 0 Å². The summed E-state index contributed by atoms with van der Waals surface area (Å²) in [5.74, 6) is 0.401. The van der Waals surface area contributed by atoms with Crippen LogP contribution in [0, 0.1) is 5.92 Å². The fourth-order valence-corrected chi connectivity index (χ4v) is 3.06. The highest BCUT2D eigenvalue weighted by atomic mass is 35.5. The lowest BCUT2D eigenvalue weighted by Crippen LogP contribution is -2.20. The quantitative estimate of drug-likeness (QED) is 0.710. The number of hydrogen-bond acceptors (Lipinski definition) is 1. The van der Waals surface area contributed by atoms with Crippen LogP contribution < -0.4 is 0 Å². The zero-order valence-electron chi connectivity index (χ0n) is 10.8. The van der Waals surface area contributed by atoms with Crippen molar-refractivity contribution in [2.75, 3.05) is 0 Å². The molecule has 1 atom stereocenters. The third-order valence-electron chi connectivity index (χ3n) is 3.85. The normalized spacial score (nSPS) is 19.8. The highest BCUT2D eigenvalue weighted by Gasteiger charge is 2.26. The molecular formula is C16H21ClO. The highest BCUT2D eigenvalue weighted by molar-refractivity contribution is 6.31. The minimum absolute atomic E-state index is 0.174. The maximum absolute atomic E-state index is 12.4. The number of rotatable bonds is 3. The molecule has 0 N–H and O–H groups in total. The Morgan fingerprint density at radius 1 is 1.00 bits per heavy atom. The van der Waals surface area contributed by atoms with Crippen LogP contribution in [0.2, 0.25) is 0 Å². The minimum atomic E-state index is -0.462. The summed E-state index contributed by atoms with van der Waals surface area (Å²) in [5, 5.41) is -0.462. The second kappa shape index (κ2) is 6.94. The molecule has 0 heterocycles. The Hall–Kier alpha value is -0.820. The summed E-state index contributed by atoms with van der Waals surface area (Å²) in [6.45, 7) is 0. The van der Waals surface area contributed by atoms with E-state index in [-0.39, 0.29) is 11.7 Å². The minimum Gasteiger partial charge on any atom is -0.297 e. The van der Waals surface area contributed by atoms with Gasteiger partial charge in [0, 0.05) is 5.92 Å². The van der Waals surface area contributed by atoms with E-state index in [2.05, 4.69) is 0 Å². The SMILES string of the molecule is O=C(C1CCCCCCC1)C(Cl)c1ccccc1. The molecule has 1 aliphatic carbocycles. The average Bonchev–Trinajstić information content (AvgIpc) is 2.38. The number of ketones is 1. The molecule has 18 heavy (non-hydrogen) atoms. The van der Waals surface area contributed by atoms with Gasteiger partial charge in [-0.3, -0.25) is 4.79 Å². The van der Waals surface area contributed by atoms with E-state index in [1.165, 1.54) is 32.1 Å². The lowest BCUT2D eigenvalue weighted by Gasteiger charge is -2.21. The van der Waals surface area contributed by atoms with Gasteiger partial charge in [0.25, 0.3) is 0 Å². The maximum atomic E-state index is 12.4. The van der Waals surface area contributed by atoms with E-state index in [1.54, 1.807) is 0 Å². The summed E-state index contributed by atoms with van der Waals surface area (Å²) >= 11 is 6.33. The fourth-order valence-electron chi connectivity index (χ4n) is 2.73. The molecule has 2 heteroatoms. The van der Waals surface area contributed by atoms with E-state index >= 15 is 0 Å². The summed E-state index contributed by atoms with van der Waals surface area (Å²) in [6.07, 6.45) is 8.25. The molecule has 0 aliphatic heterocycles. The van der Waals surface area contributed by atoms with E-state index in [0.29, 0.717) is 0 Å². The van der Waals surface area contributed by atoms with E-state index in [1.807, 2.05) is 30.3 Å². The van der Waals surface area contributed by atoms with Gasteiger partial charge in [0.15, 0.2) is 5.78 Å². The molecule has 0 bridgehead atoms. The summed E-state index contributed by atoms with van der Waals surface area (Å²) < 4.78 is 0. The second-order valence-electron chi connectivity index (χ2n) is 5.22. The van der Waals surface area contributed by atoms with Crippen molar-refractivity contribution < 1.29 is 4.79 Å². The summed E-state index contributed by atoms with van der Waals surface area (Å²) in [6, 6.07) is 9.72. The molecule has 1 nitrogen and oxygen atoms in total. The van der Waals surface area contributed by atoms with Gasteiger partial charge in [-0.25, -0.2) is 0 Å². The van der Waals surface area contributed by atoms with Gasteiger partial charge in [-0.1, -0.05) is 62.4 Å². The van der Waals surface area contributed by atoms with Crippen LogP contribution in [-0.2, 0) is 4.79 Å². The summed E-state index contributed by atoms with van der Waals surface area (Å²) in [5.41, 5.74) is 0.936. The van der Waals surface area contributed by atoms with Crippen LogP contribution in [0.5, 0.6) is 0 Å². The van der Waals surface area contributed by atoms with Crippen molar-refractivity contribution in [2.45, 2.75) is 50.3 Å². The van der Waals surface area contributed by atoms with Crippen LogP contribution in [0.15, 0.2) is 30.3 Å². The van der Waals surface area contributed by atoms with Gasteiger partial charge in [0.2, 0.25) is 0 Å². The van der Waals surface area contributed by atoms with Crippen LogP contribution in [-0.4, -0.2) is 5.78 Å². The Kier molecular flexibility index (Phi) is 5.25. The number of carbonyl (C=O) groups is 1. The number of hydrogen-bond donors (Lipinski definition) is 0. The predicted molar refractivity (Wildman–Crippen MR) is 75.9 cm³/mol. The third-order valence-corrected chi connectivity index (χ3v) is 4.32. The van der Waals surface area contributed by atoms with Gasteiger partial charge >= 0.3 is 0 Å². The zero-order valence-corrected chi connectivity index (χ0v) is 11.5. The molecule has 0 saturated heterocycles. The van der Waals surface area contributed by atoms with E-state index in [4.69, 9.17) is 11.6 Å². The van der Waals surface area contributed by atoms with Crippen molar-refractivity contribution in [2.24, 2.45) is 5.92 Å². The molecule has 1 aromatic rings. The molecule has 0 radical (unpaired) electrons. The number of Topliss-reactive ketones (excluding diaryl/α,β-unsaturated/α-hetero) is 1. The monoisotopic (exact) mass is 264 g/mol. The Morgan fingerprint density at radius 2 is 1.56 bits per heavy atom. The maximum Gasteiger partial charge on any atom is 0.158 e. The number of alkyl halides is 1. The molecule has 98 valence electrons. The topological polar surface area (TPSA) is 17.1 Å². The number of halogens is 1. The number of benzene rings is 1. The molecule has 1 unspecified atom stereocenters. The Bertz CT molecular complexity index is 366. The molecule has 2 rings (SSSR count). The van der Waals surface area contributed by atoms with Crippen molar-refractivity contribution in [1.29, 1.82) is 0 Å². The van der Waals surface area contributed by atoms with Crippen LogP contribution in [0.25, 0.3) is 0 Å². The van der Waals surface area contributed by atoms with E-state index < -0.39 is 5.38 Å². The predicted octanol–water partition coefficient (Wildman–Crippen LogP) is 4.90. The van der Waals surface area contributed by atoms with Crippen molar-refractivity contribution >= 4 is 17.4 Å². The summed E-state index contributed by atoms with van der Waals surface area (Å²) in [7, 11) is 0. The lowest BCUT2D eigenvalue weighted by molar-refractivity contribution is -0.123. The highest BCUT2D eigenvalue weighted by Crippen LogP contribution is 2.31. The van der Waals surface area contributed by atoms with Crippen LogP contribution in [0.1, 0.15) is 55.9 Å². The van der Waals surface area contributed by atoms with Crippen LogP contribution in [0.3, 0.4) is 0 Å². The molecular weight excluding hydrogens is 244 g/mol. The van der Waals surface area contributed by atoms with Crippen LogP contribution >= 0.6 is 11.6 Å². The van der Waals surface area contributed by atoms with Crippen molar-refractivity contribution in [3.8, 4) is 0 Å². The first-order chi connectivity index (χ1) is 8.79. The lowest BCUT2D eigenvalue weighted by atomic mass is 9.86. The average molecular weight is 265 g/mol. The van der Waals surface area contributed by atoms with E-state index in [9.17, 15) is 4.79 Å². The molecule has 0 amide bonds. The van der Waals surface area contributed by atoms with Gasteiger partial charge in [0.1, 0.15) is 5.38 Å². The molecule has 1 aromatic carbocycles. The van der Waals surface area contributed by atoms with Crippen LogP contribution in [0.4, 0.5) is 0 Å². The first-order valence-corrected chi connectivity index (χ1v) is 7.45. The first kappa shape index (κ1) is 13.6. The molecule has 1 saturated carbocycles. The van der Waals surface area contributed by atoms with Crippen molar-refractivity contribution in [3.05, 3.63) is 35.9 Å². The Labute approximate surface area is 115 Å². The first-order valence-electron chi connectivity index (χ1n) is 7.02. The zero-order chi connectivity index (χ0) is 12.8. The summed E-state index contributed by atoms with van der Waals surface area (Å²) in [4.78, 5) is 12.4. The standard InChI is InChI=1S/C16H21ClO/c17-15(13-9-7-4-8-10-13)16(18)14-11-5-2-1-3-6-12-14/h4,7-10,14-15H,1-3,5-6,11-12H2. The van der Waals surface area contributed by atoms with Gasteiger partial charge in [0.05, 0.1) is 0 Å². The van der Waals surface area contributed by atoms with Gasteiger partial charge in [-0.05, 0) is 18.4 Å². The third kappa shape index (κ3) is 3.58. The molecule has 1 fully saturated rings. The molecule has 1 aliphatic rings. The Morgan fingerprint density at radius 3 is 2.17 bits per heavy atom. The van der Waals surface area contributed by atoms with E-state index in [0.717, 1.165) is 18.4 Å². The number of carbonyl (C=O) groups excluding carboxylic acids is 1. The second-order valence-corrected chi connectivity index (χ2v) is 5.65. The fraction of sp³-hybridized carbons (Fsp3) is 0.562. The molecule has 0 aromatic heterocycles. The smallest absolute Gasteiger partial charge is 0.158 e. The Balaban J connectivity index is 2.00. The van der Waals surface area contributed by atoms with Crippen molar-refractivity contribution in [1.82, 2.24) is 0 Å². The van der Waals surface area contributed by atoms with Crippen molar-refractivity contribution in [3.63, 3.8) is 0 Å². The largest absolute Gasteiger partial charge is 0.297 e.